The zero-order valence-electron chi connectivity index (χ0n) is 11.6. The first-order chi connectivity index (χ1) is 9.69. The van der Waals surface area contributed by atoms with Gasteiger partial charge in [-0.15, -0.1) is 0 Å². The fourth-order valence-corrected chi connectivity index (χ4v) is 1.76. The van der Waals surface area contributed by atoms with Crippen molar-refractivity contribution < 1.29 is 14.3 Å². The molecular formula is C16H17NO3. The van der Waals surface area contributed by atoms with Crippen LogP contribution in [0, 0.1) is 6.92 Å². The number of carbonyl (C=O) groups is 1. The van der Waals surface area contributed by atoms with Gasteiger partial charge in [0.1, 0.15) is 12.4 Å². The van der Waals surface area contributed by atoms with Gasteiger partial charge >= 0.3 is 5.97 Å². The molecule has 0 aliphatic carbocycles. The summed E-state index contributed by atoms with van der Waals surface area (Å²) in [6.45, 7) is 4.60. The Morgan fingerprint density at radius 2 is 1.95 bits per heavy atom. The highest BCUT2D eigenvalue weighted by Gasteiger charge is 2.06. The second kappa shape index (κ2) is 6.70. The molecule has 4 heteroatoms. The molecule has 0 saturated carbocycles. The maximum Gasteiger partial charge on any atom is 0.338 e. The van der Waals surface area contributed by atoms with E-state index in [-0.39, 0.29) is 5.97 Å². The monoisotopic (exact) mass is 271 g/mol. The van der Waals surface area contributed by atoms with Gasteiger partial charge in [-0.2, -0.15) is 0 Å². The lowest BCUT2D eigenvalue weighted by molar-refractivity contribution is 0.0526. The van der Waals surface area contributed by atoms with Crippen LogP contribution in [0.2, 0.25) is 0 Å². The summed E-state index contributed by atoms with van der Waals surface area (Å²) in [6.07, 6.45) is 3.58. The van der Waals surface area contributed by atoms with Crippen LogP contribution < -0.4 is 4.74 Å². The lowest BCUT2D eigenvalue weighted by atomic mass is 10.2. The molecule has 104 valence electrons. The molecule has 1 aromatic carbocycles. The summed E-state index contributed by atoms with van der Waals surface area (Å²) < 4.78 is 10.6. The van der Waals surface area contributed by atoms with E-state index < -0.39 is 0 Å². The molecule has 0 atom stereocenters. The topological polar surface area (TPSA) is 48.4 Å². The Hall–Kier alpha value is -2.36. The maximum atomic E-state index is 11.5. The van der Waals surface area contributed by atoms with Crippen LogP contribution >= 0.6 is 0 Å². The molecule has 0 aliphatic heterocycles. The second-order valence-corrected chi connectivity index (χ2v) is 4.40. The summed E-state index contributed by atoms with van der Waals surface area (Å²) in [5.41, 5.74) is 2.64. The molecule has 0 bridgehead atoms. The summed E-state index contributed by atoms with van der Waals surface area (Å²) in [4.78, 5) is 15.6. The smallest absolute Gasteiger partial charge is 0.338 e. The predicted octanol–water partition coefficient (Wildman–Crippen LogP) is 3.15. The number of carbonyl (C=O) groups excluding carboxylic acids is 1. The highest BCUT2D eigenvalue weighted by atomic mass is 16.5. The molecule has 20 heavy (non-hydrogen) atoms. The van der Waals surface area contributed by atoms with Crippen LogP contribution in [0.4, 0.5) is 0 Å². The minimum atomic E-state index is -0.318. The van der Waals surface area contributed by atoms with Gasteiger partial charge in [-0.25, -0.2) is 4.79 Å². The van der Waals surface area contributed by atoms with Crippen LogP contribution in [0.5, 0.6) is 5.75 Å². The molecule has 0 amide bonds. The molecule has 0 fully saturated rings. The van der Waals surface area contributed by atoms with E-state index >= 15 is 0 Å². The number of rotatable bonds is 5. The Morgan fingerprint density at radius 3 is 2.60 bits per heavy atom. The van der Waals surface area contributed by atoms with Crippen LogP contribution in [-0.4, -0.2) is 17.6 Å². The number of esters is 1. The van der Waals surface area contributed by atoms with E-state index in [0.29, 0.717) is 24.5 Å². The maximum absolute atomic E-state index is 11.5. The highest BCUT2D eigenvalue weighted by Crippen LogP contribution is 2.15. The molecule has 0 N–H and O–H groups in total. The van der Waals surface area contributed by atoms with Crippen molar-refractivity contribution >= 4 is 5.97 Å². The molecule has 0 spiro atoms. The van der Waals surface area contributed by atoms with Crippen LogP contribution in [-0.2, 0) is 11.3 Å². The summed E-state index contributed by atoms with van der Waals surface area (Å²) in [7, 11) is 0. The first-order valence-electron chi connectivity index (χ1n) is 6.49. The lowest BCUT2D eigenvalue weighted by Gasteiger charge is -2.07. The highest BCUT2D eigenvalue weighted by molar-refractivity contribution is 5.89. The van der Waals surface area contributed by atoms with Crippen LogP contribution in [0.25, 0.3) is 0 Å². The predicted molar refractivity (Wildman–Crippen MR) is 75.7 cm³/mol. The van der Waals surface area contributed by atoms with E-state index in [9.17, 15) is 4.79 Å². The number of hydrogen-bond donors (Lipinski definition) is 0. The first-order valence-corrected chi connectivity index (χ1v) is 6.49. The lowest BCUT2D eigenvalue weighted by Crippen LogP contribution is -2.04. The zero-order valence-corrected chi connectivity index (χ0v) is 11.6. The van der Waals surface area contributed by atoms with Gasteiger partial charge in [0.25, 0.3) is 0 Å². The minimum Gasteiger partial charge on any atom is -0.489 e. The summed E-state index contributed by atoms with van der Waals surface area (Å²) in [5, 5.41) is 0. The minimum absolute atomic E-state index is 0.318. The molecule has 0 saturated heterocycles. The van der Waals surface area contributed by atoms with Gasteiger partial charge in [-0.3, -0.25) is 4.98 Å². The average molecular weight is 271 g/mol. The van der Waals surface area contributed by atoms with E-state index in [1.54, 1.807) is 43.6 Å². The van der Waals surface area contributed by atoms with Crippen LogP contribution in [0.1, 0.15) is 28.4 Å². The van der Waals surface area contributed by atoms with Gasteiger partial charge in [0.05, 0.1) is 12.2 Å². The Balaban J connectivity index is 1.95. The molecule has 4 nitrogen and oxygen atoms in total. The van der Waals surface area contributed by atoms with Crippen molar-refractivity contribution in [2.45, 2.75) is 20.5 Å². The fourth-order valence-electron chi connectivity index (χ4n) is 1.76. The molecular weight excluding hydrogens is 254 g/mol. The Kier molecular flexibility index (Phi) is 4.71. The van der Waals surface area contributed by atoms with E-state index in [2.05, 4.69) is 4.98 Å². The summed E-state index contributed by atoms with van der Waals surface area (Å²) >= 11 is 0. The van der Waals surface area contributed by atoms with Crippen LogP contribution in [0.3, 0.4) is 0 Å². The molecule has 0 aliphatic rings. The van der Waals surface area contributed by atoms with Crippen molar-refractivity contribution in [2.24, 2.45) is 0 Å². The fraction of sp³-hybridized carbons (Fsp3) is 0.250. The molecule has 0 unspecified atom stereocenters. The van der Waals surface area contributed by atoms with Gasteiger partial charge in [-0.1, -0.05) is 0 Å². The normalized spacial score (nSPS) is 10.1. The number of aryl methyl sites for hydroxylation is 1. The number of nitrogens with zero attached hydrogens (tertiary/aromatic N) is 1. The number of ether oxygens (including phenoxy) is 2. The Labute approximate surface area is 118 Å². The van der Waals surface area contributed by atoms with E-state index in [1.807, 2.05) is 13.0 Å². The third kappa shape index (κ3) is 3.82. The number of benzene rings is 1. The van der Waals surface area contributed by atoms with Gasteiger partial charge in [-0.05, 0) is 49.7 Å². The zero-order chi connectivity index (χ0) is 14.4. The SMILES string of the molecule is CCOC(=O)c1ccc(OCc2cncc(C)c2)cc1. The van der Waals surface area contributed by atoms with Crippen LogP contribution in [0.15, 0.2) is 42.7 Å². The number of aromatic nitrogens is 1. The second-order valence-electron chi connectivity index (χ2n) is 4.40. The van der Waals surface area contributed by atoms with E-state index in [1.165, 1.54) is 0 Å². The summed E-state index contributed by atoms with van der Waals surface area (Å²) in [6, 6.07) is 8.94. The summed E-state index contributed by atoms with van der Waals surface area (Å²) in [5.74, 6) is 0.390. The molecule has 2 rings (SSSR count). The van der Waals surface area contributed by atoms with Crippen molar-refractivity contribution in [1.29, 1.82) is 0 Å². The van der Waals surface area contributed by atoms with Crippen molar-refractivity contribution in [3.63, 3.8) is 0 Å². The van der Waals surface area contributed by atoms with Crippen molar-refractivity contribution in [1.82, 2.24) is 4.98 Å². The van der Waals surface area contributed by atoms with E-state index in [0.717, 1.165) is 11.1 Å². The third-order valence-electron chi connectivity index (χ3n) is 2.70. The average Bonchev–Trinajstić information content (AvgIpc) is 2.46. The third-order valence-corrected chi connectivity index (χ3v) is 2.70. The number of pyridine rings is 1. The van der Waals surface area contributed by atoms with Crippen molar-refractivity contribution in [3.8, 4) is 5.75 Å². The molecule has 0 radical (unpaired) electrons. The number of hydrogen-bond acceptors (Lipinski definition) is 4. The van der Waals surface area contributed by atoms with Gasteiger partial charge in [0.15, 0.2) is 0 Å². The molecule has 1 aromatic heterocycles. The Morgan fingerprint density at radius 1 is 1.20 bits per heavy atom. The van der Waals surface area contributed by atoms with Crippen molar-refractivity contribution in [2.75, 3.05) is 6.61 Å². The Bertz CT molecular complexity index is 579. The largest absolute Gasteiger partial charge is 0.489 e. The molecule has 2 aromatic rings. The standard InChI is InChI=1S/C16H17NO3/c1-3-19-16(18)14-4-6-15(7-5-14)20-11-13-8-12(2)9-17-10-13/h4-10H,3,11H2,1-2H3. The van der Waals surface area contributed by atoms with Gasteiger partial charge in [0, 0.05) is 18.0 Å². The van der Waals surface area contributed by atoms with E-state index in [4.69, 9.17) is 9.47 Å². The van der Waals surface area contributed by atoms with Gasteiger partial charge in [0.2, 0.25) is 0 Å². The van der Waals surface area contributed by atoms with Crippen molar-refractivity contribution in [3.05, 3.63) is 59.4 Å². The molecule has 1 heterocycles. The first kappa shape index (κ1) is 14.1. The quantitative estimate of drug-likeness (QED) is 0.784. The van der Waals surface area contributed by atoms with Gasteiger partial charge < -0.3 is 9.47 Å².